The number of hydrogen-bond acceptors (Lipinski definition) is 8. The van der Waals surface area contributed by atoms with Gasteiger partial charge in [-0.3, -0.25) is 14.5 Å². The van der Waals surface area contributed by atoms with Gasteiger partial charge in [0.15, 0.2) is 8.32 Å². The third kappa shape index (κ3) is 12.3. The molecule has 1 aromatic carbocycles. The number of nitrogens with one attached hydrogen (secondary N) is 2. The van der Waals surface area contributed by atoms with Crippen LogP contribution in [0.2, 0.25) is 23.2 Å². The molecule has 13 heteroatoms. The van der Waals surface area contributed by atoms with E-state index >= 15 is 0 Å². The molecule has 0 fully saturated rings. The van der Waals surface area contributed by atoms with Gasteiger partial charge in [0, 0.05) is 12.1 Å². The largest absolute Gasteiger partial charge is 0.467 e. The Morgan fingerprint density at radius 1 is 1.00 bits per heavy atom. The van der Waals surface area contributed by atoms with E-state index in [1.54, 1.807) is 45.0 Å². The van der Waals surface area contributed by atoms with Crippen molar-refractivity contribution in [1.82, 2.24) is 15.5 Å². The summed E-state index contributed by atoms with van der Waals surface area (Å²) in [6.07, 6.45) is -1.82. The van der Waals surface area contributed by atoms with Gasteiger partial charge in [-0.15, -0.1) is 0 Å². The van der Waals surface area contributed by atoms with Crippen LogP contribution in [0.1, 0.15) is 79.9 Å². The number of ether oxygens (including phenoxy) is 2. The Hall–Kier alpha value is -3.14. The highest BCUT2D eigenvalue weighted by Gasteiger charge is 2.44. The molecule has 0 aromatic heterocycles. The van der Waals surface area contributed by atoms with Crippen molar-refractivity contribution in [3.05, 3.63) is 34.9 Å². The molecule has 0 aliphatic rings. The van der Waals surface area contributed by atoms with Gasteiger partial charge in [-0.05, 0) is 68.9 Å². The highest BCUT2D eigenvalue weighted by atomic mass is 35.5. The summed E-state index contributed by atoms with van der Waals surface area (Å²) in [6, 6.07) is 4.91. The summed E-state index contributed by atoms with van der Waals surface area (Å²) in [4.78, 5) is 54.9. The lowest BCUT2D eigenvalue weighted by Gasteiger charge is -2.42. The van der Waals surface area contributed by atoms with Gasteiger partial charge in [0.1, 0.15) is 23.7 Å². The molecule has 0 unspecified atom stereocenters. The van der Waals surface area contributed by atoms with E-state index in [1.807, 2.05) is 53.8 Å². The normalized spacial score (nSPS) is 14.8. The predicted octanol–water partition coefficient (Wildman–Crippen LogP) is 5.74. The molecule has 1 aromatic rings. The molecule has 0 radical (unpaired) electrons. The minimum atomic E-state index is -2.62. The number of nitriles is 1. The fourth-order valence-corrected chi connectivity index (χ4v) is 5.43. The van der Waals surface area contributed by atoms with Gasteiger partial charge < -0.3 is 24.5 Å². The quantitative estimate of drug-likeness (QED) is 0.200. The van der Waals surface area contributed by atoms with Crippen LogP contribution in [0.15, 0.2) is 24.3 Å². The Labute approximate surface area is 274 Å². The first kappa shape index (κ1) is 39.9. The summed E-state index contributed by atoms with van der Waals surface area (Å²) in [5, 5.41) is 14.9. The summed E-state index contributed by atoms with van der Waals surface area (Å²) in [6.45, 7) is 19.1. The lowest BCUT2D eigenvalue weighted by molar-refractivity contribution is -0.145. The van der Waals surface area contributed by atoms with E-state index < -0.39 is 62.0 Å². The van der Waals surface area contributed by atoms with E-state index in [2.05, 4.69) is 10.6 Å². The molecule has 4 atom stereocenters. The zero-order valence-electron chi connectivity index (χ0n) is 28.7. The zero-order chi connectivity index (χ0) is 34.9. The molecular formula is C32H51ClN4O7Si. The first-order valence-corrected chi connectivity index (χ1v) is 18.3. The van der Waals surface area contributed by atoms with Crippen LogP contribution in [0.3, 0.4) is 0 Å². The number of nitrogens with zero attached hydrogens (tertiary/aromatic N) is 2. The van der Waals surface area contributed by atoms with Crippen molar-refractivity contribution >= 4 is 43.8 Å². The van der Waals surface area contributed by atoms with E-state index in [1.165, 1.54) is 11.9 Å². The van der Waals surface area contributed by atoms with Crippen LogP contribution in [0, 0.1) is 17.2 Å². The standard InChI is InChI=1S/C32H51ClN4O7Si/c1-20(2)19-24(37(9)30(41)43-31(3,4)5)27(38)36-25(28(39)35-23(17-18-34)29(40)42-10)26(21-13-15-22(33)16-14-21)44-45(11,12)32(6,7)8/h13-16,20,23-26H,17,19H2,1-12H3,(H,35,39)(H,36,38)/t23-,24+,25+,26+/m0/s1. The van der Waals surface area contributed by atoms with Crippen molar-refractivity contribution in [3.8, 4) is 6.07 Å². The Balaban J connectivity index is 3.80. The summed E-state index contributed by atoms with van der Waals surface area (Å²) in [7, 11) is 0.00149. The first-order valence-electron chi connectivity index (χ1n) is 15.0. The van der Waals surface area contributed by atoms with Crippen LogP contribution in [0.25, 0.3) is 0 Å². The van der Waals surface area contributed by atoms with Crippen LogP contribution < -0.4 is 10.6 Å². The summed E-state index contributed by atoms with van der Waals surface area (Å²) in [5.41, 5.74) is -0.243. The number of likely N-dealkylation sites (N-methyl/N-ethyl adjacent to an activating group) is 1. The van der Waals surface area contributed by atoms with Crippen molar-refractivity contribution in [2.45, 2.75) is 116 Å². The second-order valence-corrected chi connectivity index (χ2v) is 19.2. The molecule has 1 rings (SSSR count). The van der Waals surface area contributed by atoms with Crippen molar-refractivity contribution in [1.29, 1.82) is 5.26 Å². The number of carbonyl (C=O) groups excluding carboxylic acids is 4. The van der Waals surface area contributed by atoms with Crippen molar-refractivity contribution in [2.24, 2.45) is 5.92 Å². The minimum Gasteiger partial charge on any atom is -0.467 e. The van der Waals surface area contributed by atoms with Crippen molar-refractivity contribution in [2.75, 3.05) is 14.2 Å². The molecule has 3 amide bonds. The summed E-state index contributed by atoms with van der Waals surface area (Å²) >= 11 is 6.19. The fraction of sp³-hybridized carbons (Fsp3) is 0.656. The van der Waals surface area contributed by atoms with Crippen molar-refractivity contribution < 1.29 is 33.1 Å². The maximum Gasteiger partial charge on any atom is 0.410 e. The van der Waals surface area contributed by atoms with Crippen LogP contribution in [-0.4, -0.2) is 75.0 Å². The van der Waals surface area contributed by atoms with Crippen LogP contribution in [0.5, 0.6) is 0 Å². The number of benzene rings is 1. The molecule has 2 N–H and O–H groups in total. The number of hydrogen-bond donors (Lipinski definition) is 2. The number of methoxy groups -OCH3 is 1. The van der Waals surface area contributed by atoms with Gasteiger partial charge in [0.05, 0.1) is 25.7 Å². The van der Waals surface area contributed by atoms with Crippen LogP contribution >= 0.6 is 11.6 Å². The molecule has 11 nitrogen and oxygen atoms in total. The predicted molar refractivity (Wildman–Crippen MR) is 176 cm³/mol. The Bertz CT molecular complexity index is 1220. The van der Waals surface area contributed by atoms with E-state index in [0.717, 1.165) is 7.11 Å². The average Bonchev–Trinajstić information content (AvgIpc) is 2.91. The molecule has 0 heterocycles. The molecule has 45 heavy (non-hydrogen) atoms. The second-order valence-electron chi connectivity index (χ2n) is 14.0. The lowest BCUT2D eigenvalue weighted by Crippen LogP contribution is -2.59. The van der Waals surface area contributed by atoms with Gasteiger partial charge in [0.2, 0.25) is 11.8 Å². The number of amides is 3. The molecule has 0 saturated carbocycles. The summed E-state index contributed by atoms with van der Waals surface area (Å²) < 4.78 is 17.1. The number of carbonyl (C=O) groups is 4. The number of rotatable bonds is 13. The van der Waals surface area contributed by atoms with Crippen LogP contribution in [0.4, 0.5) is 4.79 Å². The van der Waals surface area contributed by atoms with Crippen molar-refractivity contribution in [3.63, 3.8) is 0 Å². The molecule has 0 spiro atoms. The molecule has 0 saturated heterocycles. The molecular weight excluding hydrogens is 616 g/mol. The monoisotopic (exact) mass is 666 g/mol. The van der Waals surface area contributed by atoms with Gasteiger partial charge in [0.25, 0.3) is 0 Å². The maximum absolute atomic E-state index is 14.1. The molecule has 252 valence electrons. The maximum atomic E-state index is 14.1. The number of halogens is 1. The van der Waals surface area contributed by atoms with Crippen LogP contribution in [-0.2, 0) is 28.3 Å². The smallest absolute Gasteiger partial charge is 0.410 e. The van der Waals surface area contributed by atoms with E-state index in [0.29, 0.717) is 10.6 Å². The molecule has 0 aliphatic heterocycles. The first-order chi connectivity index (χ1) is 20.5. The zero-order valence-corrected chi connectivity index (χ0v) is 30.5. The van der Waals surface area contributed by atoms with E-state index in [-0.39, 0.29) is 23.8 Å². The fourth-order valence-electron chi connectivity index (χ4n) is 4.04. The minimum absolute atomic E-state index is 0.00668. The van der Waals surface area contributed by atoms with E-state index in [9.17, 15) is 24.4 Å². The lowest BCUT2D eigenvalue weighted by atomic mass is 9.98. The highest BCUT2D eigenvalue weighted by Crippen LogP contribution is 2.41. The third-order valence-corrected chi connectivity index (χ3v) is 12.3. The Morgan fingerprint density at radius 2 is 1.56 bits per heavy atom. The SMILES string of the molecule is COC(=O)[C@H](CC#N)NC(=O)[C@H](NC(=O)[C@@H](CC(C)C)N(C)C(=O)OC(C)(C)C)[C@H](O[Si](C)(C)C(C)(C)C)c1ccc(Cl)cc1. The highest BCUT2D eigenvalue weighted by molar-refractivity contribution is 6.74. The van der Waals surface area contributed by atoms with Gasteiger partial charge in [-0.2, -0.15) is 5.26 Å². The average molecular weight is 667 g/mol. The second kappa shape index (κ2) is 16.4. The third-order valence-electron chi connectivity index (χ3n) is 7.55. The van der Waals surface area contributed by atoms with Gasteiger partial charge >= 0.3 is 12.1 Å². The van der Waals surface area contributed by atoms with Gasteiger partial charge in [-0.25, -0.2) is 9.59 Å². The van der Waals surface area contributed by atoms with Gasteiger partial charge in [-0.1, -0.05) is 58.4 Å². The molecule has 0 bridgehead atoms. The summed E-state index contributed by atoms with van der Waals surface area (Å²) in [5.74, 6) is -2.21. The van der Waals surface area contributed by atoms with E-state index in [4.69, 9.17) is 25.5 Å². The Kier molecular flexibility index (Phi) is 14.6. The topological polar surface area (TPSA) is 147 Å². The Morgan fingerprint density at radius 3 is 2.00 bits per heavy atom. The number of esters is 1. The molecule has 0 aliphatic carbocycles.